The van der Waals surface area contributed by atoms with E-state index in [0.29, 0.717) is 11.4 Å². The van der Waals surface area contributed by atoms with Gasteiger partial charge in [0.2, 0.25) is 5.95 Å². The third-order valence-electron chi connectivity index (χ3n) is 2.04. The lowest BCUT2D eigenvalue weighted by Gasteiger charge is -2.07. The van der Waals surface area contributed by atoms with Crippen LogP contribution in [0.4, 0.5) is 17.5 Å². The van der Waals surface area contributed by atoms with E-state index in [0.717, 1.165) is 10.2 Å². The maximum atomic E-state index is 8.75. The van der Waals surface area contributed by atoms with E-state index in [-0.39, 0.29) is 5.95 Å². The highest BCUT2D eigenvalue weighted by atomic mass is 79.9. The molecule has 2 aromatic rings. The third-order valence-corrected chi connectivity index (χ3v) is 2.69. The Morgan fingerprint density at radius 3 is 2.82 bits per heavy atom. The standard InChI is InChI=1S/C11H8BrN5/c12-8-5-7(6-13)1-2-9(8)16-10-3-4-15-11(14)17-10/h1-5H,(H3,14,15,16,17). The smallest absolute Gasteiger partial charge is 0.221 e. The van der Waals surface area contributed by atoms with Crippen molar-refractivity contribution in [1.29, 1.82) is 5.26 Å². The number of hydrogen-bond acceptors (Lipinski definition) is 5. The van der Waals surface area contributed by atoms with Crippen LogP contribution in [0.1, 0.15) is 5.56 Å². The van der Waals surface area contributed by atoms with Crippen LogP contribution in [0.15, 0.2) is 34.9 Å². The van der Waals surface area contributed by atoms with Crippen LogP contribution in [0.2, 0.25) is 0 Å². The van der Waals surface area contributed by atoms with Crippen molar-refractivity contribution in [3.63, 3.8) is 0 Å². The van der Waals surface area contributed by atoms with Gasteiger partial charge in [0, 0.05) is 10.7 Å². The molecule has 0 amide bonds. The molecule has 6 heteroatoms. The molecule has 0 radical (unpaired) electrons. The second-order valence-electron chi connectivity index (χ2n) is 3.23. The largest absolute Gasteiger partial charge is 0.368 e. The van der Waals surface area contributed by atoms with Gasteiger partial charge in [-0.1, -0.05) is 0 Å². The maximum absolute atomic E-state index is 8.75. The number of nitrogens with one attached hydrogen (secondary N) is 1. The Balaban J connectivity index is 2.28. The average molecular weight is 290 g/mol. The van der Waals surface area contributed by atoms with Gasteiger partial charge in [0.05, 0.1) is 17.3 Å². The van der Waals surface area contributed by atoms with E-state index in [1.807, 2.05) is 0 Å². The van der Waals surface area contributed by atoms with Crippen LogP contribution in [0.5, 0.6) is 0 Å². The van der Waals surface area contributed by atoms with Gasteiger partial charge < -0.3 is 11.1 Å². The number of anilines is 3. The molecular weight excluding hydrogens is 282 g/mol. The highest BCUT2D eigenvalue weighted by Crippen LogP contribution is 2.26. The van der Waals surface area contributed by atoms with Gasteiger partial charge >= 0.3 is 0 Å². The fraction of sp³-hybridized carbons (Fsp3) is 0. The summed E-state index contributed by atoms with van der Waals surface area (Å²) in [5.41, 5.74) is 6.87. The first-order valence-corrected chi connectivity index (χ1v) is 5.53. The number of benzene rings is 1. The molecule has 17 heavy (non-hydrogen) atoms. The van der Waals surface area contributed by atoms with Gasteiger partial charge in [-0.05, 0) is 40.2 Å². The first-order chi connectivity index (χ1) is 8.19. The summed E-state index contributed by atoms with van der Waals surface area (Å²) in [5.74, 6) is 0.808. The maximum Gasteiger partial charge on any atom is 0.221 e. The van der Waals surface area contributed by atoms with Crippen molar-refractivity contribution in [2.75, 3.05) is 11.1 Å². The molecule has 0 aliphatic carbocycles. The van der Waals surface area contributed by atoms with E-state index in [4.69, 9.17) is 11.0 Å². The molecule has 0 fully saturated rings. The topological polar surface area (TPSA) is 87.6 Å². The Labute approximate surface area is 106 Å². The minimum absolute atomic E-state index is 0.208. The van der Waals surface area contributed by atoms with Crippen LogP contribution in [-0.2, 0) is 0 Å². The van der Waals surface area contributed by atoms with Gasteiger partial charge in [-0.15, -0.1) is 0 Å². The summed E-state index contributed by atoms with van der Waals surface area (Å²) in [6.45, 7) is 0. The van der Waals surface area contributed by atoms with E-state index in [2.05, 4.69) is 37.3 Å². The summed E-state index contributed by atoms with van der Waals surface area (Å²) in [6.07, 6.45) is 1.57. The quantitative estimate of drug-likeness (QED) is 0.887. The number of nitriles is 1. The zero-order chi connectivity index (χ0) is 12.3. The molecule has 0 spiro atoms. The molecule has 1 aromatic carbocycles. The first-order valence-electron chi connectivity index (χ1n) is 4.74. The molecule has 84 valence electrons. The molecule has 3 N–H and O–H groups in total. The van der Waals surface area contributed by atoms with Gasteiger partial charge in [-0.3, -0.25) is 0 Å². The highest BCUT2D eigenvalue weighted by molar-refractivity contribution is 9.10. The molecule has 0 atom stereocenters. The molecule has 0 unspecified atom stereocenters. The molecule has 1 aromatic heterocycles. The fourth-order valence-corrected chi connectivity index (χ4v) is 1.75. The Morgan fingerprint density at radius 1 is 1.35 bits per heavy atom. The number of halogens is 1. The molecule has 0 saturated heterocycles. The molecular formula is C11H8BrN5. The number of hydrogen-bond donors (Lipinski definition) is 2. The van der Waals surface area contributed by atoms with E-state index in [1.165, 1.54) is 0 Å². The highest BCUT2D eigenvalue weighted by Gasteiger charge is 2.03. The predicted octanol–water partition coefficient (Wildman–Crippen LogP) is 2.44. The minimum Gasteiger partial charge on any atom is -0.368 e. The van der Waals surface area contributed by atoms with Gasteiger partial charge in [0.25, 0.3) is 0 Å². The zero-order valence-electron chi connectivity index (χ0n) is 8.68. The Kier molecular flexibility index (Phi) is 3.21. The molecule has 0 bridgehead atoms. The molecule has 2 rings (SSSR count). The van der Waals surface area contributed by atoms with Gasteiger partial charge in [-0.2, -0.15) is 10.2 Å². The number of nitrogen functional groups attached to an aromatic ring is 1. The van der Waals surface area contributed by atoms with Crippen LogP contribution in [0.3, 0.4) is 0 Å². The molecule has 0 aliphatic rings. The van der Waals surface area contributed by atoms with E-state index in [9.17, 15) is 0 Å². The lowest BCUT2D eigenvalue weighted by Crippen LogP contribution is -1.99. The summed E-state index contributed by atoms with van der Waals surface area (Å²) in [6, 6.07) is 9.02. The molecule has 5 nitrogen and oxygen atoms in total. The number of nitrogens with two attached hydrogens (primary N) is 1. The normalized spacial score (nSPS) is 9.65. The zero-order valence-corrected chi connectivity index (χ0v) is 10.3. The number of rotatable bonds is 2. The number of nitrogens with zero attached hydrogens (tertiary/aromatic N) is 3. The van der Waals surface area contributed by atoms with Gasteiger partial charge in [0.1, 0.15) is 5.82 Å². The fourth-order valence-electron chi connectivity index (χ4n) is 1.27. The van der Waals surface area contributed by atoms with Crippen molar-refractivity contribution in [1.82, 2.24) is 9.97 Å². The summed E-state index contributed by atoms with van der Waals surface area (Å²) in [4.78, 5) is 7.83. The van der Waals surface area contributed by atoms with Crippen LogP contribution >= 0.6 is 15.9 Å². The predicted molar refractivity (Wildman–Crippen MR) is 68.6 cm³/mol. The van der Waals surface area contributed by atoms with Crippen molar-refractivity contribution in [2.45, 2.75) is 0 Å². The number of aromatic nitrogens is 2. The van der Waals surface area contributed by atoms with Crippen LogP contribution in [0, 0.1) is 11.3 Å². The second kappa shape index (κ2) is 4.80. The average Bonchev–Trinajstić information content (AvgIpc) is 2.32. The third kappa shape index (κ3) is 2.71. The van der Waals surface area contributed by atoms with Crippen LogP contribution in [0.25, 0.3) is 0 Å². The molecule has 0 saturated carbocycles. The lowest BCUT2D eigenvalue weighted by molar-refractivity contribution is 1.18. The van der Waals surface area contributed by atoms with Crippen molar-refractivity contribution in [3.8, 4) is 6.07 Å². The van der Waals surface area contributed by atoms with E-state index < -0.39 is 0 Å². The summed E-state index contributed by atoms with van der Waals surface area (Å²) in [5, 5.41) is 11.8. The lowest BCUT2D eigenvalue weighted by atomic mass is 10.2. The van der Waals surface area contributed by atoms with E-state index >= 15 is 0 Å². The SMILES string of the molecule is N#Cc1ccc(Nc2ccnc(N)n2)c(Br)c1. The van der Waals surface area contributed by atoms with Crippen molar-refractivity contribution >= 4 is 33.4 Å². The van der Waals surface area contributed by atoms with Crippen molar-refractivity contribution in [3.05, 3.63) is 40.5 Å². The van der Waals surface area contributed by atoms with E-state index in [1.54, 1.807) is 30.5 Å². The summed E-state index contributed by atoms with van der Waals surface area (Å²) >= 11 is 3.38. The molecule has 1 heterocycles. The van der Waals surface area contributed by atoms with Crippen LogP contribution < -0.4 is 11.1 Å². The van der Waals surface area contributed by atoms with Gasteiger partial charge in [-0.25, -0.2) is 4.98 Å². The monoisotopic (exact) mass is 289 g/mol. The second-order valence-corrected chi connectivity index (χ2v) is 4.09. The minimum atomic E-state index is 0.208. The molecule has 0 aliphatic heterocycles. The van der Waals surface area contributed by atoms with Gasteiger partial charge in [0.15, 0.2) is 0 Å². The van der Waals surface area contributed by atoms with Crippen molar-refractivity contribution < 1.29 is 0 Å². The Hall–Kier alpha value is -2.13. The van der Waals surface area contributed by atoms with Crippen LogP contribution in [-0.4, -0.2) is 9.97 Å². The first kappa shape index (κ1) is 11.4. The summed E-state index contributed by atoms with van der Waals surface area (Å²) < 4.78 is 0.786. The Bertz CT molecular complexity index is 591. The van der Waals surface area contributed by atoms with Crippen molar-refractivity contribution in [2.24, 2.45) is 0 Å². The summed E-state index contributed by atoms with van der Waals surface area (Å²) in [7, 11) is 0. The Morgan fingerprint density at radius 2 is 2.18 bits per heavy atom.